The summed E-state index contributed by atoms with van der Waals surface area (Å²) in [5, 5.41) is 0. The van der Waals surface area contributed by atoms with Gasteiger partial charge < -0.3 is 14.2 Å². The molecule has 0 aliphatic heterocycles. The average Bonchev–Trinajstić information content (AvgIpc) is 2.62. The fourth-order valence-electron chi connectivity index (χ4n) is 1.95. The summed E-state index contributed by atoms with van der Waals surface area (Å²) in [4.78, 5) is 10.8. The fraction of sp³-hybridized carbons (Fsp3) is 0.211. The van der Waals surface area contributed by atoms with Crippen LogP contribution in [0, 0.1) is 0 Å². The van der Waals surface area contributed by atoms with Gasteiger partial charge >= 0.3 is 5.97 Å². The molecule has 0 unspecified atom stereocenters. The highest BCUT2D eigenvalue weighted by Gasteiger charge is 1.99. The molecule has 0 radical (unpaired) electrons. The van der Waals surface area contributed by atoms with E-state index in [1.807, 2.05) is 42.5 Å². The van der Waals surface area contributed by atoms with Crippen LogP contribution in [0.4, 0.5) is 0 Å². The van der Waals surface area contributed by atoms with Gasteiger partial charge in [0.25, 0.3) is 0 Å². The standard InChI is InChI=1S/C19H20O4/c1-2-19(20)23-15-13-21-12-14-22-18-10-8-17(9-11-18)16-6-4-3-5-7-16/h2-11H,1,12-15H2. The van der Waals surface area contributed by atoms with Gasteiger partial charge in [0.1, 0.15) is 19.0 Å². The van der Waals surface area contributed by atoms with Crippen molar-refractivity contribution in [3.05, 3.63) is 67.3 Å². The summed E-state index contributed by atoms with van der Waals surface area (Å²) in [6.07, 6.45) is 1.13. The smallest absolute Gasteiger partial charge is 0.330 e. The van der Waals surface area contributed by atoms with Crippen LogP contribution >= 0.6 is 0 Å². The summed E-state index contributed by atoms with van der Waals surface area (Å²) in [5.74, 6) is 0.356. The van der Waals surface area contributed by atoms with E-state index < -0.39 is 5.97 Å². The van der Waals surface area contributed by atoms with Crippen LogP contribution in [0.15, 0.2) is 67.3 Å². The predicted octanol–water partition coefficient (Wildman–Crippen LogP) is 3.48. The minimum absolute atomic E-state index is 0.219. The number of ether oxygens (including phenoxy) is 3. The SMILES string of the molecule is C=CC(=O)OCCOCCOc1ccc(-c2ccccc2)cc1. The Morgan fingerprint density at radius 3 is 2.22 bits per heavy atom. The summed E-state index contributed by atoms with van der Waals surface area (Å²) in [5.41, 5.74) is 2.33. The molecule has 0 heterocycles. The Morgan fingerprint density at radius 2 is 1.52 bits per heavy atom. The van der Waals surface area contributed by atoms with Crippen LogP contribution < -0.4 is 4.74 Å². The fourth-order valence-corrected chi connectivity index (χ4v) is 1.95. The molecule has 0 saturated carbocycles. The first-order chi connectivity index (χ1) is 11.3. The summed E-state index contributed by atoms with van der Waals surface area (Å²) in [6, 6.07) is 18.1. The number of rotatable bonds is 9. The highest BCUT2D eigenvalue weighted by Crippen LogP contribution is 2.21. The lowest BCUT2D eigenvalue weighted by atomic mass is 10.1. The molecule has 0 saturated heterocycles. The Kier molecular flexibility index (Phi) is 6.88. The maximum Gasteiger partial charge on any atom is 0.330 e. The summed E-state index contributed by atoms with van der Waals surface area (Å²) in [6.45, 7) is 4.76. The summed E-state index contributed by atoms with van der Waals surface area (Å²) < 4.78 is 15.7. The zero-order chi connectivity index (χ0) is 16.3. The van der Waals surface area contributed by atoms with E-state index in [1.165, 1.54) is 5.56 Å². The van der Waals surface area contributed by atoms with Gasteiger partial charge in [-0.15, -0.1) is 0 Å². The molecule has 0 fully saturated rings. The van der Waals surface area contributed by atoms with Crippen molar-refractivity contribution in [2.24, 2.45) is 0 Å². The molecule has 120 valence electrons. The van der Waals surface area contributed by atoms with E-state index in [-0.39, 0.29) is 6.61 Å². The second-order valence-corrected chi connectivity index (χ2v) is 4.72. The molecule has 23 heavy (non-hydrogen) atoms. The van der Waals surface area contributed by atoms with Crippen LogP contribution in [-0.2, 0) is 14.3 Å². The number of hydrogen-bond donors (Lipinski definition) is 0. The minimum Gasteiger partial charge on any atom is -0.491 e. The molecule has 2 aromatic rings. The van der Waals surface area contributed by atoms with E-state index in [2.05, 4.69) is 18.7 Å². The van der Waals surface area contributed by atoms with Crippen LogP contribution in [0.5, 0.6) is 5.75 Å². The third-order valence-electron chi connectivity index (χ3n) is 3.10. The second kappa shape index (κ2) is 9.43. The quantitative estimate of drug-likeness (QED) is 0.404. The second-order valence-electron chi connectivity index (χ2n) is 4.72. The molecule has 0 spiro atoms. The van der Waals surface area contributed by atoms with Gasteiger partial charge in [-0.1, -0.05) is 49.0 Å². The van der Waals surface area contributed by atoms with Crippen molar-refractivity contribution < 1.29 is 19.0 Å². The van der Waals surface area contributed by atoms with E-state index in [0.717, 1.165) is 17.4 Å². The Bertz CT molecular complexity index is 605. The van der Waals surface area contributed by atoms with Crippen LogP contribution in [0.25, 0.3) is 11.1 Å². The molecule has 4 nitrogen and oxygen atoms in total. The molecule has 4 heteroatoms. The van der Waals surface area contributed by atoms with E-state index in [9.17, 15) is 4.79 Å². The number of benzene rings is 2. The topological polar surface area (TPSA) is 44.8 Å². The van der Waals surface area contributed by atoms with E-state index >= 15 is 0 Å². The van der Waals surface area contributed by atoms with Crippen molar-refractivity contribution >= 4 is 5.97 Å². The Labute approximate surface area is 136 Å². The van der Waals surface area contributed by atoms with Crippen molar-refractivity contribution in [3.8, 4) is 16.9 Å². The van der Waals surface area contributed by atoms with Gasteiger partial charge in [-0.05, 0) is 23.3 Å². The van der Waals surface area contributed by atoms with E-state index in [1.54, 1.807) is 0 Å². The lowest BCUT2D eigenvalue weighted by Gasteiger charge is -2.08. The Hall–Kier alpha value is -2.59. The predicted molar refractivity (Wildman–Crippen MR) is 89.3 cm³/mol. The lowest BCUT2D eigenvalue weighted by molar-refractivity contribution is -0.139. The summed E-state index contributed by atoms with van der Waals surface area (Å²) >= 11 is 0. The molecular weight excluding hydrogens is 292 g/mol. The highest BCUT2D eigenvalue weighted by atomic mass is 16.6. The van der Waals surface area contributed by atoms with E-state index in [4.69, 9.17) is 14.2 Å². The van der Waals surface area contributed by atoms with Gasteiger partial charge in [0.15, 0.2) is 0 Å². The minimum atomic E-state index is -0.441. The van der Waals surface area contributed by atoms with Crippen LogP contribution in [0.1, 0.15) is 0 Å². The molecule has 2 aromatic carbocycles. The number of esters is 1. The molecule has 0 N–H and O–H groups in total. The molecule has 0 bridgehead atoms. The third kappa shape index (κ3) is 5.96. The third-order valence-corrected chi connectivity index (χ3v) is 3.10. The first-order valence-electron chi connectivity index (χ1n) is 7.45. The molecule has 2 rings (SSSR count). The molecular formula is C19H20O4. The first kappa shape index (κ1) is 16.8. The molecule has 0 aliphatic rings. The van der Waals surface area contributed by atoms with Gasteiger partial charge in [0, 0.05) is 6.08 Å². The summed E-state index contributed by atoms with van der Waals surface area (Å²) in [7, 11) is 0. The number of carbonyl (C=O) groups is 1. The number of carbonyl (C=O) groups excluding carboxylic acids is 1. The normalized spacial score (nSPS) is 10.1. The Morgan fingerprint density at radius 1 is 0.870 bits per heavy atom. The van der Waals surface area contributed by atoms with Crippen molar-refractivity contribution in [3.63, 3.8) is 0 Å². The van der Waals surface area contributed by atoms with Gasteiger partial charge in [0.2, 0.25) is 0 Å². The van der Waals surface area contributed by atoms with Gasteiger partial charge in [-0.3, -0.25) is 0 Å². The zero-order valence-corrected chi connectivity index (χ0v) is 12.9. The van der Waals surface area contributed by atoms with Gasteiger partial charge in [-0.2, -0.15) is 0 Å². The Balaban J connectivity index is 1.65. The monoisotopic (exact) mass is 312 g/mol. The molecule has 0 aliphatic carbocycles. The number of hydrogen-bond acceptors (Lipinski definition) is 4. The van der Waals surface area contributed by atoms with Crippen molar-refractivity contribution in [2.45, 2.75) is 0 Å². The molecule has 0 atom stereocenters. The first-order valence-corrected chi connectivity index (χ1v) is 7.45. The van der Waals surface area contributed by atoms with E-state index in [0.29, 0.717) is 19.8 Å². The average molecular weight is 312 g/mol. The highest BCUT2D eigenvalue weighted by molar-refractivity contribution is 5.81. The van der Waals surface area contributed by atoms with Crippen LogP contribution in [0.2, 0.25) is 0 Å². The van der Waals surface area contributed by atoms with Crippen molar-refractivity contribution in [1.29, 1.82) is 0 Å². The van der Waals surface area contributed by atoms with Crippen LogP contribution in [-0.4, -0.2) is 32.4 Å². The van der Waals surface area contributed by atoms with Crippen molar-refractivity contribution in [2.75, 3.05) is 26.4 Å². The van der Waals surface area contributed by atoms with Crippen LogP contribution in [0.3, 0.4) is 0 Å². The molecule has 0 aromatic heterocycles. The maximum atomic E-state index is 10.8. The maximum absolute atomic E-state index is 10.8. The molecule has 0 amide bonds. The zero-order valence-electron chi connectivity index (χ0n) is 12.9. The van der Waals surface area contributed by atoms with Gasteiger partial charge in [0.05, 0.1) is 13.2 Å². The largest absolute Gasteiger partial charge is 0.491 e. The lowest BCUT2D eigenvalue weighted by Crippen LogP contribution is -2.12. The van der Waals surface area contributed by atoms with Crippen molar-refractivity contribution in [1.82, 2.24) is 0 Å². The van der Waals surface area contributed by atoms with Gasteiger partial charge in [-0.25, -0.2) is 4.79 Å².